The first-order valence-electron chi connectivity index (χ1n) is 20.8. The van der Waals surface area contributed by atoms with Crippen LogP contribution in [-0.2, 0) is 0 Å². The van der Waals surface area contributed by atoms with E-state index in [1.165, 1.54) is 86.1 Å². The van der Waals surface area contributed by atoms with Crippen molar-refractivity contribution in [3.63, 3.8) is 0 Å². The zero-order valence-corrected chi connectivity index (χ0v) is 34.1. The van der Waals surface area contributed by atoms with Gasteiger partial charge in [0.15, 0.2) is 0 Å². The standard InChI is InChI=1S/C58H38N2S/c1-3-16-41(17-4-1)48-35-36-54(57-50-24-10-12-28-55(50)61-58(48)57)60(53-27-14-26-52-56(53)49-23-9-11-25-51(49)59(52)46-21-5-2-6-22-46)47-33-31-40(32-34-47)43-19-13-20-44(37-43)45-30-29-39-15-7-8-18-42(39)38-45/h1-38H. The molecule has 0 aliphatic rings. The summed E-state index contributed by atoms with van der Waals surface area (Å²) in [5.41, 5.74) is 14.2. The van der Waals surface area contributed by atoms with E-state index in [-0.39, 0.29) is 0 Å². The average molecular weight is 795 g/mol. The summed E-state index contributed by atoms with van der Waals surface area (Å²) in [4.78, 5) is 2.51. The number of hydrogen-bond donors (Lipinski definition) is 0. The highest BCUT2D eigenvalue weighted by Gasteiger charge is 2.25. The molecular weight excluding hydrogens is 757 g/mol. The van der Waals surface area contributed by atoms with Crippen molar-refractivity contribution in [2.45, 2.75) is 0 Å². The molecule has 286 valence electrons. The monoisotopic (exact) mass is 794 g/mol. The summed E-state index contributed by atoms with van der Waals surface area (Å²) in [6, 6.07) is 84.2. The highest BCUT2D eigenvalue weighted by molar-refractivity contribution is 7.26. The van der Waals surface area contributed by atoms with E-state index >= 15 is 0 Å². The third-order valence-corrected chi connectivity index (χ3v) is 13.4. The molecule has 0 radical (unpaired) electrons. The zero-order chi connectivity index (χ0) is 40.3. The summed E-state index contributed by atoms with van der Waals surface area (Å²) in [6.07, 6.45) is 0. The van der Waals surface area contributed by atoms with Crippen LogP contribution in [-0.4, -0.2) is 4.57 Å². The summed E-state index contributed by atoms with van der Waals surface area (Å²) in [5.74, 6) is 0. The highest BCUT2D eigenvalue weighted by atomic mass is 32.1. The summed E-state index contributed by atoms with van der Waals surface area (Å²) in [7, 11) is 0. The summed E-state index contributed by atoms with van der Waals surface area (Å²) >= 11 is 1.88. The lowest BCUT2D eigenvalue weighted by Crippen LogP contribution is -2.11. The predicted octanol–water partition coefficient (Wildman–Crippen LogP) is 16.8. The van der Waals surface area contributed by atoms with Gasteiger partial charge in [0.05, 0.1) is 22.4 Å². The summed E-state index contributed by atoms with van der Waals surface area (Å²) < 4.78 is 4.98. The molecule has 2 aromatic heterocycles. The number of thiophene rings is 1. The molecule has 0 saturated heterocycles. The Hall–Kier alpha value is -7.72. The largest absolute Gasteiger partial charge is 0.309 e. The van der Waals surface area contributed by atoms with Crippen molar-refractivity contribution in [3.05, 3.63) is 231 Å². The molecule has 0 saturated carbocycles. The number of rotatable bonds is 7. The predicted molar refractivity (Wildman–Crippen MR) is 262 cm³/mol. The number of nitrogens with zero attached hydrogens (tertiary/aromatic N) is 2. The summed E-state index contributed by atoms with van der Waals surface area (Å²) in [5, 5.41) is 7.47. The maximum absolute atomic E-state index is 2.51. The van der Waals surface area contributed by atoms with Crippen LogP contribution in [0, 0.1) is 0 Å². The number of para-hydroxylation sites is 2. The van der Waals surface area contributed by atoms with Gasteiger partial charge in [-0.15, -0.1) is 11.3 Å². The molecule has 0 aliphatic carbocycles. The molecular formula is C58H38N2S. The Morgan fingerprint density at radius 2 is 0.967 bits per heavy atom. The molecule has 12 rings (SSSR count). The molecule has 3 heteroatoms. The number of fused-ring (bicyclic) bond motifs is 7. The number of anilines is 3. The van der Waals surface area contributed by atoms with Gasteiger partial charge in [-0.1, -0.05) is 164 Å². The smallest absolute Gasteiger partial charge is 0.0562 e. The molecule has 2 nitrogen and oxygen atoms in total. The maximum atomic E-state index is 2.51. The molecule has 10 aromatic carbocycles. The van der Waals surface area contributed by atoms with Gasteiger partial charge in [0.25, 0.3) is 0 Å². The van der Waals surface area contributed by atoms with Crippen LogP contribution in [0.2, 0.25) is 0 Å². The van der Waals surface area contributed by atoms with Gasteiger partial charge in [-0.3, -0.25) is 0 Å². The van der Waals surface area contributed by atoms with Gasteiger partial charge in [-0.25, -0.2) is 0 Å². The van der Waals surface area contributed by atoms with Gasteiger partial charge in [-0.2, -0.15) is 0 Å². The lowest BCUT2D eigenvalue weighted by atomic mass is 9.97. The Kier molecular flexibility index (Phi) is 8.39. The van der Waals surface area contributed by atoms with E-state index in [9.17, 15) is 0 Å². The van der Waals surface area contributed by atoms with Gasteiger partial charge in [0, 0.05) is 42.3 Å². The van der Waals surface area contributed by atoms with E-state index in [0.717, 1.165) is 22.7 Å². The lowest BCUT2D eigenvalue weighted by molar-refractivity contribution is 1.18. The van der Waals surface area contributed by atoms with Crippen LogP contribution in [0.4, 0.5) is 17.1 Å². The van der Waals surface area contributed by atoms with Crippen LogP contribution in [0.3, 0.4) is 0 Å². The fourth-order valence-corrected chi connectivity index (χ4v) is 10.6. The Bertz CT molecular complexity index is 3570. The van der Waals surface area contributed by atoms with Crippen LogP contribution in [0.1, 0.15) is 0 Å². The van der Waals surface area contributed by atoms with Crippen molar-refractivity contribution in [2.24, 2.45) is 0 Å². The second kappa shape index (κ2) is 14.5. The molecule has 0 bridgehead atoms. The van der Waals surface area contributed by atoms with E-state index in [4.69, 9.17) is 0 Å². The van der Waals surface area contributed by atoms with E-state index in [0.29, 0.717) is 0 Å². The summed E-state index contributed by atoms with van der Waals surface area (Å²) in [6.45, 7) is 0. The van der Waals surface area contributed by atoms with E-state index in [2.05, 4.69) is 240 Å². The Morgan fingerprint density at radius 3 is 1.80 bits per heavy atom. The van der Waals surface area contributed by atoms with Crippen LogP contribution in [0.5, 0.6) is 0 Å². The average Bonchev–Trinajstić information content (AvgIpc) is 3.90. The van der Waals surface area contributed by atoms with Crippen molar-refractivity contribution in [1.82, 2.24) is 4.57 Å². The van der Waals surface area contributed by atoms with Gasteiger partial charge in [0.2, 0.25) is 0 Å². The van der Waals surface area contributed by atoms with Crippen molar-refractivity contribution in [1.29, 1.82) is 0 Å². The Labute approximate surface area is 358 Å². The molecule has 2 heterocycles. The van der Waals surface area contributed by atoms with Gasteiger partial charge < -0.3 is 9.47 Å². The van der Waals surface area contributed by atoms with Crippen molar-refractivity contribution in [3.8, 4) is 39.1 Å². The first-order chi connectivity index (χ1) is 30.3. The first-order valence-corrected chi connectivity index (χ1v) is 21.7. The van der Waals surface area contributed by atoms with Crippen molar-refractivity contribution >= 4 is 81.1 Å². The lowest BCUT2D eigenvalue weighted by Gasteiger charge is -2.28. The van der Waals surface area contributed by atoms with Crippen LogP contribution in [0.15, 0.2) is 231 Å². The molecule has 0 amide bonds. The van der Waals surface area contributed by atoms with Gasteiger partial charge in [0.1, 0.15) is 0 Å². The van der Waals surface area contributed by atoms with Crippen molar-refractivity contribution in [2.75, 3.05) is 4.90 Å². The highest BCUT2D eigenvalue weighted by Crippen LogP contribution is 2.50. The Balaban J connectivity index is 1.08. The SMILES string of the molecule is c1ccc(-c2ccc(N(c3ccc(-c4cccc(-c5ccc6ccccc6c5)c4)cc3)c3cccc4c3c3ccccc3n4-c3ccccc3)c3c2sc2ccccc23)cc1. The third-order valence-electron chi connectivity index (χ3n) is 12.2. The molecule has 0 spiro atoms. The molecule has 0 N–H and O–H groups in total. The number of aromatic nitrogens is 1. The fourth-order valence-electron chi connectivity index (χ4n) is 9.34. The number of hydrogen-bond acceptors (Lipinski definition) is 2. The van der Waals surface area contributed by atoms with Crippen LogP contribution >= 0.6 is 11.3 Å². The van der Waals surface area contributed by atoms with E-state index in [1.54, 1.807) is 0 Å². The fraction of sp³-hybridized carbons (Fsp3) is 0. The third kappa shape index (κ3) is 5.93. The molecule has 0 atom stereocenters. The molecule has 0 fully saturated rings. The van der Waals surface area contributed by atoms with Gasteiger partial charge in [-0.05, 0) is 111 Å². The number of benzene rings is 10. The van der Waals surface area contributed by atoms with E-state index < -0.39 is 0 Å². The van der Waals surface area contributed by atoms with Gasteiger partial charge >= 0.3 is 0 Å². The quantitative estimate of drug-likeness (QED) is 0.156. The van der Waals surface area contributed by atoms with E-state index in [1.807, 2.05) is 11.3 Å². The second-order valence-electron chi connectivity index (χ2n) is 15.7. The normalized spacial score (nSPS) is 11.6. The second-order valence-corrected chi connectivity index (χ2v) is 16.7. The minimum Gasteiger partial charge on any atom is -0.309 e. The molecule has 0 unspecified atom stereocenters. The molecule has 0 aliphatic heterocycles. The minimum absolute atomic E-state index is 1.10. The minimum atomic E-state index is 1.10. The van der Waals surface area contributed by atoms with Crippen molar-refractivity contribution < 1.29 is 0 Å². The Morgan fingerprint density at radius 1 is 0.361 bits per heavy atom. The first kappa shape index (κ1) is 35.2. The maximum Gasteiger partial charge on any atom is 0.0562 e. The van der Waals surface area contributed by atoms with Crippen LogP contribution < -0.4 is 4.90 Å². The molecule has 12 aromatic rings. The zero-order valence-electron chi connectivity index (χ0n) is 33.2. The molecule has 61 heavy (non-hydrogen) atoms. The van der Waals surface area contributed by atoms with Crippen LogP contribution in [0.25, 0.3) is 91.8 Å². The topological polar surface area (TPSA) is 8.17 Å².